The van der Waals surface area contributed by atoms with Crippen molar-refractivity contribution in [2.45, 2.75) is 58.5 Å². The van der Waals surface area contributed by atoms with Gasteiger partial charge in [-0.15, -0.1) is 0 Å². The molecule has 0 fully saturated rings. The van der Waals surface area contributed by atoms with E-state index in [1.807, 2.05) is 12.1 Å². The van der Waals surface area contributed by atoms with Crippen molar-refractivity contribution in [3.05, 3.63) is 29.8 Å². The topological polar surface area (TPSA) is 0 Å². The molecule has 2 heteroatoms. The number of hydrogen-bond donors (Lipinski definition) is 0. The van der Waals surface area contributed by atoms with Crippen LogP contribution in [0.4, 0.5) is 4.11 Å². The van der Waals surface area contributed by atoms with Gasteiger partial charge in [-0.05, 0) is 24.2 Å². The fraction of sp³-hybridized carbons (Fsp3) is 0.600. The molecule has 0 saturated carbocycles. The first-order chi connectivity index (χ1) is 8.12. The predicted molar refractivity (Wildman–Crippen MR) is 77.1 cm³/mol. The Hall–Kier alpha value is -0.633. The molecule has 0 spiro atoms. The van der Waals surface area contributed by atoms with Gasteiger partial charge in [0, 0.05) is 0 Å². The number of hydrogen-bond acceptors (Lipinski definition) is 0. The smallest absolute Gasteiger partial charge is 0.277 e. The average molecular weight is 252 g/mol. The van der Waals surface area contributed by atoms with Crippen LogP contribution in [0.1, 0.15) is 45.1 Å². The van der Waals surface area contributed by atoms with Crippen LogP contribution in [0.15, 0.2) is 24.3 Å². The lowest BCUT2D eigenvalue weighted by Crippen LogP contribution is -2.43. The Bertz CT molecular complexity index is 310. The fourth-order valence-electron chi connectivity index (χ4n) is 2.18. The quantitative estimate of drug-likeness (QED) is 0.487. The molecule has 0 aromatic heterocycles. The molecule has 1 rings (SSSR count). The van der Waals surface area contributed by atoms with Crippen LogP contribution < -0.4 is 5.19 Å². The lowest BCUT2D eigenvalue weighted by atomic mass is 10.2. The summed E-state index contributed by atoms with van der Waals surface area (Å²) < 4.78 is 15.2. The molecule has 17 heavy (non-hydrogen) atoms. The third-order valence-corrected chi connectivity index (χ3v) is 7.08. The van der Waals surface area contributed by atoms with Gasteiger partial charge >= 0.3 is 0 Å². The molecule has 0 bridgehead atoms. The minimum atomic E-state index is -2.69. The molecule has 0 amide bonds. The molecule has 0 aliphatic heterocycles. The lowest BCUT2D eigenvalue weighted by molar-refractivity contribution is 0.718. The molecular weight excluding hydrogens is 227 g/mol. The van der Waals surface area contributed by atoms with Crippen LogP contribution in [-0.4, -0.2) is 8.41 Å². The van der Waals surface area contributed by atoms with Crippen LogP contribution in [0.5, 0.6) is 0 Å². The molecule has 0 N–H and O–H groups in total. The Morgan fingerprint density at radius 2 is 1.41 bits per heavy atom. The van der Waals surface area contributed by atoms with Gasteiger partial charge in [-0.1, -0.05) is 69.4 Å². The van der Waals surface area contributed by atoms with Gasteiger partial charge in [0.25, 0.3) is 8.41 Å². The summed E-state index contributed by atoms with van der Waals surface area (Å²) in [7, 11) is -2.69. The highest BCUT2D eigenvalue weighted by Crippen LogP contribution is 2.23. The third kappa shape index (κ3) is 4.27. The first-order valence-corrected chi connectivity index (χ1v) is 9.17. The zero-order chi connectivity index (χ0) is 12.7. The molecule has 0 nitrogen and oxygen atoms in total. The molecule has 0 heterocycles. The Kier molecular flexibility index (Phi) is 5.90. The second-order valence-corrected chi connectivity index (χ2v) is 8.55. The molecule has 0 unspecified atom stereocenters. The highest BCUT2D eigenvalue weighted by Gasteiger charge is 2.34. The van der Waals surface area contributed by atoms with E-state index in [1.54, 1.807) is 0 Å². The van der Waals surface area contributed by atoms with E-state index in [9.17, 15) is 0 Å². The number of unbranched alkanes of at least 4 members (excludes halogenated alkanes) is 2. The standard InChI is InChI=1S/C15H25FSi/c1-4-6-12-17(16,13-7-5-2)15-10-8-14(3)9-11-15/h8-11H,4-7,12-13H2,1-3H3. The van der Waals surface area contributed by atoms with Crippen molar-refractivity contribution >= 4 is 13.6 Å². The summed E-state index contributed by atoms with van der Waals surface area (Å²) >= 11 is 0. The second-order valence-electron chi connectivity index (χ2n) is 5.04. The Morgan fingerprint density at radius 1 is 0.941 bits per heavy atom. The maximum absolute atomic E-state index is 15.2. The maximum Gasteiger partial charge on any atom is 0.277 e. The van der Waals surface area contributed by atoms with E-state index in [-0.39, 0.29) is 0 Å². The van der Waals surface area contributed by atoms with E-state index in [0.29, 0.717) is 0 Å². The van der Waals surface area contributed by atoms with E-state index in [1.165, 1.54) is 5.56 Å². The predicted octanol–water partition coefficient (Wildman–Crippen LogP) is 4.72. The van der Waals surface area contributed by atoms with Crippen molar-refractivity contribution in [3.8, 4) is 0 Å². The highest BCUT2D eigenvalue weighted by molar-refractivity contribution is 6.86. The highest BCUT2D eigenvalue weighted by atomic mass is 28.4. The second kappa shape index (κ2) is 6.95. The maximum atomic E-state index is 15.2. The van der Waals surface area contributed by atoms with Crippen LogP contribution in [-0.2, 0) is 0 Å². The minimum absolute atomic E-state index is 0.798. The van der Waals surface area contributed by atoms with Gasteiger partial charge in [0.05, 0.1) is 0 Å². The van der Waals surface area contributed by atoms with E-state index in [2.05, 4.69) is 32.9 Å². The Labute approximate surface area is 106 Å². The molecule has 0 saturated heterocycles. The van der Waals surface area contributed by atoms with Crippen LogP contribution in [0.25, 0.3) is 0 Å². The first-order valence-electron chi connectivity index (χ1n) is 6.88. The summed E-state index contributed by atoms with van der Waals surface area (Å²) in [6.45, 7) is 6.34. The monoisotopic (exact) mass is 252 g/mol. The van der Waals surface area contributed by atoms with Crippen LogP contribution in [0.3, 0.4) is 0 Å². The molecule has 96 valence electrons. The molecule has 1 aromatic carbocycles. The van der Waals surface area contributed by atoms with Crippen LogP contribution in [0.2, 0.25) is 12.1 Å². The minimum Gasteiger partial charge on any atom is -0.308 e. The summed E-state index contributed by atoms with van der Waals surface area (Å²) in [4.78, 5) is 0. The van der Waals surface area contributed by atoms with Gasteiger partial charge in [-0.25, -0.2) is 0 Å². The Balaban J connectivity index is 2.83. The van der Waals surface area contributed by atoms with Gasteiger partial charge < -0.3 is 4.11 Å². The summed E-state index contributed by atoms with van der Waals surface area (Å²) in [5.74, 6) is 0. The van der Waals surface area contributed by atoms with Crippen molar-refractivity contribution < 1.29 is 4.11 Å². The van der Waals surface area contributed by atoms with Gasteiger partial charge in [0.15, 0.2) is 0 Å². The van der Waals surface area contributed by atoms with Gasteiger partial charge in [-0.2, -0.15) is 0 Å². The number of aryl methyl sites for hydroxylation is 1. The molecule has 0 aliphatic carbocycles. The molecule has 0 radical (unpaired) electrons. The van der Waals surface area contributed by atoms with Crippen molar-refractivity contribution in [1.82, 2.24) is 0 Å². The molecule has 0 atom stereocenters. The summed E-state index contributed by atoms with van der Waals surface area (Å²) in [6.07, 6.45) is 4.24. The van der Waals surface area contributed by atoms with Crippen molar-refractivity contribution in [1.29, 1.82) is 0 Å². The van der Waals surface area contributed by atoms with Gasteiger partial charge in [0.2, 0.25) is 0 Å². The van der Waals surface area contributed by atoms with E-state index in [4.69, 9.17) is 0 Å². The number of benzene rings is 1. The number of rotatable bonds is 7. The van der Waals surface area contributed by atoms with E-state index < -0.39 is 8.41 Å². The van der Waals surface area contributed by atoms with Crippen molar-refractivity contribution in [2.24, 2.45) is 0 Å². The van der Waals surface area contributed by atoms with Crippen LogP contribution in [0, 0.1) is 6.92 Å². The summed E-state index contributed by atoms with van der Waals surface area (Å²) in [6, 6.07) is 9.74. The molecule has 0 aliphatic rings. The summed E-state index contributed by atoms with van der Waals surface area (Å²) in [5.41, 5.74) is 1.22. The number of halogens is 1. The third-order valence-electron chi connectivity index (χ3n) is 3.42. The van der Waals surface area contributed by atoms with Gasteiger partial charge in [0.1, 0.15) is 0 Å². The SMILES string of the molecule is CCCC[Si](F)(CCCC)c1ccc(C)cc1. The first kappa shape index (κ1) is 14.4. The van der Waals surface area contributed by atoms with E-state index in [0.717, 1.165) is 43.0 Å². The van der Waals surface area contributed by atoms with Gasteiger partial charge in [-0.3, -0.25) is 0 Å². The van der Waals surface area contributed by atoms with Crippen molar-refractivity contribution in [2.75, 3.05) is 0 Å². The largest absolute Gasteiger partial charge is 0.308 e. The zero-order valence-electron chi connectivity index (χ0n) is 11.4. The average Bonchev–Trinajstić information content (AvgIpc) is 2.34. The van der Waals surface area contributed by atoms with Crippen molar-refractivity contribution in [3.63, 3.8) is 0 Å². The normalized spacial score (nSPS) is 11.8. The van der Waals surface area contributed by atoms with E-state index >= 15 is 4.11 Å². The summed E-state index contributed by atoms with van der Waals surface area (Å²) in [5, 5.41) is 1.00. The fourth-order valence-corrected chi connectivity index (χ4v) is 5.60. The Morgan fingerprint density at radius 3 is 1.82 bits per heavy atom. The lowest BCUT2D eigenvalue weighted by Gasteiger charge is -2.23. The van der Waals surface area contributed by atoms with Crippen LogP contribution >= 0.6 is 0 Å². The zero-order valence-corrected chi connectivity index (χ0v) is 12.4. The molecule has 1 aromatic rings. The molecular formula is C15H25FSi.